The average Bonchev–Trinajstić information content (AvgIpc) is 2.61. The average molecular weight is 391 g/mol. The van der Waals surface area contributed by atoms with E-state index in [2.05, 4.69) is 5.32 Å². The first-order valence-electron chi connectivity index (χ1n) is 8.69. The largest absolute Gasteiger partial charge is 0.497 e. The number of carbonyl (C=O) groups is 1. The molecular formula is C20H26N2O4S. The Morgan fingerprint density at radius 1 is 1.15 bits per heavy atom. The maximum atomic E-state index is 12.2. The molecule has 2 aromatic rings. The van der Waals surface area contributed by atoms with Gasteiger partial charge in [-0.05, 0) is 49.6 Å². The first-order valence-corrected chi connectivity index (χ1v) is 10.5. The van der Waals surface area contributed by atoms with Crippen LogP contribution in [0.5, 0.6) is 5.75 Å². The van der Waals surface area contributed by atoms with Crippen molar-refractivity contribution >= 4 is 27.3 Å². The minimum Gasteiger partial charge on any atom is -0.497 e. The van der Waals surface area contributed by atoms with Crippen LogP contribution in [-0.4, -0.2) is 34.2 Å². The summed E-state index contributed by atoms with van der Waals surface area (Å²) in [5, 5.41) is 2.89. The molecule has 2 aromatic carbocycles. The molecule has 0 aromatic heterocycles. The second-order valence-electron chi connectivity index (χ2n) is 6.51. The molecule has 6 nitrogen and oxygen atoms in total. The van der Waals surface area contributed by atoms with Crippen LogP contribution in [-0.2, 0) is 14.8 Å². The Morgan fingerprint density at radius 2 is 1.89 bits per heavy atom. The predicted molar refractivity (Wildman–Crippen MR) is 109 cm³/mol. The zero-order valence-electron chi connectivity index (χ0n) is 16.2. The highest BCUT2D eigenvalue weighted by Crippen LogP contribution is 2.23. The van der Waals surface area contributed by atoms with Crippen LogP contribution >= 0.6 is 0 Å². The molecule has 0 saturated heterocycles. The maximum absolute atomic E-state index is 12.2. The molecule has 0 atom stereocenters. The third kappa shape index (κ3) is 5.99. The molecule has 0 bridgehead atoms. The summed E-state index contributed by atoms with van der Waals surface area (Å²) in [5.41, 5.74) is 3.36. The first-order chi connectivity index (χ1) is 12.7. The van der Waals surface area contributed by atoms with Gasteiger partial charge >= 0.3 is 0 Å². The second kappa shape index (κ2) is 8.90. The summed E-state index contributed by atoms with van der Waals surface area (Å²) in [5.74, 6) is 0.441. The number of benzene rings is 2. The van der Waals surface area contributed by atoms with E-state index in [1.807, 2.05) is 32.0 Å². The Hall–Kier alpha value is -2.54. The SMILES string of the molecule is COc1cccc(N(CCCC(=O)Nc2cc(C)ccc2C)S(C)(=O)=O)c1. The van der Waals surface area contributed by atoms with Crippen molar-refractivity contribution in [3.8, 4) is 5.75 Å². The van der Waals surface area contributed by atoms with Crippen molar-refractivity contribution in [2.24, 2.45) is 0 Å². The van der Waals surface area contributed by atoms with Crippen LogP contribution < -0.4 is 14.4 Å². The number of aryl methyl sites for hydroxylation is 2. The molecule has 0 aliphatic rings. The van der Waals surface area contributed by atoms with Gasteiger partial charge < -0.3 is 10.1 Å². The van der Waals surface area contributed by atoms with Gasteiger partial charge in [0.05, 0.1) is 19.1 Å². The van der Waals surface area contributed by atoms with Crippen molar-refractivity contribution in [1.29, 1.82) is 0 Å². The summed E-state index contributed by atoms with van der Waals surface area (Å²) in [6.07, 6.45) is 1.78. The zero-order valence-corrected chi connectivity index (χ0v) is 17.0. The molecule has 146 valence electrons. The van der Waals surface area contributed by atoms with E-state index in [1.54, 1.807) is 24.3 Å². The van der Waals surface area contributed by atoms with Crippen LogP contribution in [0.15, 0.2) is 42.5 Å². The summed E-state index contributed by atoms with van der Waals surface area (Å²) in [6.45, 7) is 4.11. The summed E-state index contributed by atoms with van der Waals surface area (Å²) >= 11 is 0. The minimum absolute atomic E-state index is 0.136. The third-order valence-corrected chi connectivity index (χ3v) is 5.37. The Kier molecular flexibility index (Phi) is 6.85. The molecule has 0 aliphatic carbocycles. The van der Waals surface area contributed by atoms with Gasteiger partial charge in [0.2, 0.25) is 15.9 Å². The fourth-order valence-corrected chi connectivity index (χ4v) is 3.68. The summed E-state index contributed by atoms with van der Waals surface area (Å²) in [7, 11) is -1.94. The number of carbonyl (C=O) groups excluding carboxylic acids is 1. The molecule has 0 spiro atoms. The molecule has 1 amide bonds. The molecule has 0 aliphatic heterocycles. The number of anilines is 2. The molecule has 0 fully saturated rings. The molecular weight excluding hydrogens is 364 g/mol. The number of methoxy groups -OCH3 is 1. The fourth-order valence-electron chi connectivity index (χ4n) is 2.72. The van der Waals surface area contributed by atoms with Gasteiger partial charge in [0.25, 0.3) is 0 Å². The fraction of sp³-hybridized carbons (Fsp3) is 0.350. The van der Waals surface area contributed by atoms with E-state index in [9.17, 15) is 13.2 Å². The highest BCUT2D eigenvalue weighted by Gasteiger charge is 2.18. The smallest absolute Gasteiger partial charge is 0.232 e. The summed E-state index contributed by atoms with van der Waals surface area (Å²) < 4.78 is 30.8. The van der Waals surface area contributed by atoms with E-state index >= 15 is 0 Å². The molecule has 0 heterocycles. The number of hydrogen-bond acceptors (Lipinski definition) is 4. The van der Waals surface area contributed by atoms with Crippen molar-refractivity contribution in [3.63, 3.8) is 0 Å². The van der Waals surface area contributed by atoms with Gasteiger partial charge in [-0.2, -0.15) is 0 Å². The van der Waals surface area contributed by atoms with Crippen molar-refractivity contribution in [1.82, 2.24) is 0 Å². The Bertz CT molecular complexity index is 910. The topological polar surface area (TPSA) is 75.7 Å². The van der Waals surface area contributed by atoms with E-state index in [0.717, 1.165) is 23.1 Å². The van der Waals surface area contributed by atoms with Crippen molar-refractivity contribution in [3.05, 3.63) is 53.6 Å². The highest BCUT2D eigenvalue weighted by molar-refractivity contribution is 7.92. The van der Waals surface area contributed by atoms with E-state index in [4.69, 9.17) is 4.74 Å². The quantitative estimate of drug-likeness (QED) is 0.749. The molecule has 1 N–H and O–H groups in total. The Balaban J connectivity index is 2.01. The molecule has 0 radical (unpaired) electrons. The normalized spacial score (nSPS) is 11.1. The van der Waals surface area contributed by atoms with Crippen LogP contribution in [0.3, 0.4) is 0 Å². The van der Waals surface area contributed by atoms with Crippen LogP contribution in [0, 0.1) is 13.8 Å². The van der Waals surface area contributed by atoms with Gasteiger partial charge in [-0.15, -0.1) is 0 Å². The van der Waals surface area contributed by atoms with E-state index in [-0.39, 0.29) is 18.9 Å². The number of sulfonamides is 1. The van der Waals surface area contributed by atoms with Crippen LogP contribution in [0.4, 0.5) is 11.4 Å². The number of nitrogens with one attached hydrogen (secondary N) is 1. The standard InChI is InChI=1S/C20H26N2O4S/c1-15-10-11-16(2)19(13-15)21-20(23)9-6-12-22(27(4,24)25)17-7-5-8-18(14-17)26-3/h5,7-8,10-11,13-14H,6,9,12H2,1-4H3,(H,21,23). The Labute approximate surface area is 161 Å². The lowest BCUT2D eigenvalue weighted by Gasteiger charge is -2.22. The van der Waals surface area contributed by atoms with Crippen LogP contribution in [0.1, 0.15) is 24.0 Å². The van der Waals surface area contributed by atoms with Gasteiger partial charge in [-0.3, -0.25) is 9.10 Å². The van der Waals surface area contributed by atoms with Gasteiger partial charge in [-0.1, -0.05) is 18.2 Å². The van der Waals surface area contributed by atoms with Crippen molar-refractivity contribution in [2.75, 3.05) is 29.5 Å². The van der Waals surface area contributed by atoms with Crippen molar-refractivity contribution < 1.29 is 17.9 Å². The lowest BCUT2D eigenvalue weighted by molar-refractivity contribution is -0.116. The lowest BCUT2D eigenvalue weighted by atomic mass is 10.1. The summed E-state index contributed by atoms with van der Waals surface area (Å²) in [4.78, 5) is 12.2. The van der Waals surface area contributed by atoms with E-state index in [0.29, 0.717) is 17.9 Å². The van der Waals surface area contributed by atoms with E-state index < -0.39 is 10.0 Å². The zero-order chi connectivity index (χ0) is 20.0. The van der Waals surface area contributed by atoms with Gasteiger partial charge in [0.1, 0.15) is 5.75 Å². The van der Waals surface area contributed by atoms with Gasteiger partial charge in [-0.25, -0.2) is 8.42 Å². The molecule has 0 unspecified atom stereocenters. The summed E-state index contributed by atoms with van der Waals surface area (Å²) in [6, 6.07) is 12.7. The molecule has 27 heavy (non-hydrogen) atoms. The number of hydrogen-bond donors (Lipinski definition) is 1. The molecule has 2 rings (SSSR count). The van der Waals surface area contributed by atoms with E-state index in [1.165, 1.54) is 11.4 Å². The monoisotopic (exact) mass is 390 g/mol. The van der Waals surface area contributed by atoms with Crippen LogP contribution in [0.25, 0.3) is 0 Å². The number of amides is 1. The second-order valence-corrected chi connectivity index (χ2v) is 8.41. The number of rotatable bonds is 8. The minimum atomic E-state index is -3.47. The lowest BCUT2D eigenvalue weighted by Crippen LogP contribution is -2.31. The number of ether oxygens (including phenoxy) is 1. The molecule has 0 saturated carbocycles. The number of nitrogens with zero attached hydrogens (tertiary/aromatic N) is 1. The maximum Gasteiger partial charge on any atom is 0.232 e. The first kappa shape index (κ1) is 20.8. The highest BCUT2D eigenvalue weighted by atomic mass is 32.2. The molecule has 7 heteroatoms. The third-order valence-electron chi connectivity index (χ3n) is 4.17. The van der Waals surface area contributed by atoms with Crippen LogP contribution in [0.2, 0.25) is 0 Å². The van der Waals surface area contributed by atoms with Gasteiger partial charge in [0, 0.05) is 24.7 Å². The predicted octanol–water partition coefficient (Wildman–Crippen LogP) is 3.50. The Morgan fingerprint density at radius 3 is 2.56 bits per heavy atom. The van der Waals surface area contributed by atoms with Gasteiger partial charge in [0.15, 0.2) is 0 Å². The van der Waals surface area contributed by atoms with Crippen molar-refractivity contribution in [2.45, 2.75) is 26.7 Å².